The molecule has 0 saturated heterocycles. The predicted octanol–water partition coefficient (Wildman–Crippen LogP) is 3.47. The topological polar surface area (TPSA) is 52.3 Å². The summed E-state index contributed by atoms with van der Waals surface area (Å²) in [5.74, 6) is 0.0570. The molecule has 0 bridgehead atoms. The first-order valence-electron chi connectivity index (χ1n) is 7.22. The van der Waals surface area contributed by atoms with E-state index in [1.54, 1.807) is 0 Å². The van der Waals surface area contributed by atoms with Gasteiger partial charge in [-0.2, -0.15) is 0 Å². The summed E-state index contributed by atoms with van der Waals surface area (Å²) in [7, 11) is 0. The third-order valence-electron chi connectivity index (χ3n) is 3.40. The molecule has 112 valence electrons. The number of hydrogen-bond acceptors (Lipinski definition) is 3. The summed E-state index contributed by atoms with van der Waals surface area (Å²) in [6.45, 7) is 10.4. The van der Waals surface area contributed by atoms with Gasteiger partial charge in [0.15, 0.2) is 0 Å². The summed E-state index contributed by atoms with van der Waals surface area (Å²) in [6, 6.07) is 6.39. The van der Waals surface area contributed by atoms with Gasteiger partial charge in [-0.05, 0) is 70.2 Å². The van der Waals surface area contributed by atoms with Crippen LogP contribution in [0.4, 0.5) is 0 Å². The number of rotatable bonds is 5. The van der Waals surface area contributed by atoms with E-state index in [-0.39, 0.29) is 11.9 Å². The minimum atomic E-state index is -0.421. The molecule has 0 aliphatic heterocycles. The first-order chi connectivity index (χ1) is 9.23. The van der Waals surface area contributed by atoms with Crippen LogP contribution in [0.15, 0.2) is 18.2 Å². The summed E-state index contributed by atoms with van der Waals surface area (Å²) in [6.07, 6.45) is 1.14. The van der Waals surface area contributed by atoms with Crippen molar-refractivity contribution in [1.82, 2.24) is 0 Å². The lowest BCUT2D eigenvalue weighted by atomic mass is 9.92. The van der Waals surface area contributed by atoms with Crippen LogP contribution in [0.3, 0.4) is 0 Å². The monoisotopic (exact) mass is 277 g/mol. The third-order valence-corrected chi connectivity index (χ3v) is 3.40. The summed E-state index contributed by atoms with van der Waals surface area (Å²) in [5.41, 5.74) is 9.18. The molecule has 1 atom stereocenters. The number of ether oxygens (including phenoxy) is 1. The molecule has 0 amide bonds. The molecular weight excluding hydrogens is 250 g/mol. The SMILES string of the molecule is Cc1ccc([C@@H](CN)CCC(=O)OC(C)(C)C)cc1C. The van der Waals surface area contributed by atoms with Gasteiger partial charge in [0.25, 0.3) is 0 Å². The van der Waals surface area contributed by atoms with E-state index in [0.717, 1.165) is 6.42 Å². The first-order valence-corrected chi connectivity index (χ1v) is 7.22. The number of carbonyl (C=O) groups is 1. The van der Waals surface area contributed by atoms with E-state index in [1.165, 1.54) is 16.7 Å². The van der Waals surface area contributed by atoms with Crippen LogP contribution in [0.1, 0.15) is 56.2 Å². The van der Waals surface area contributed by atoms with Crippen LogP contribution in [0.2, 0.25) is 0 Å². The quantitative estimate of drug-likeness (QED) is 0.838. The van der Waals surface area contributed by atoms with Crippen LogP contribution in [0.25, 0.3) is 0 Å². The molecular formula is C17H27NO2. The zero-order valence-corrected chi connectivity index (χ0v) is 13.3. The maximum absolute atomic E-state index is 11.8. The van der Waals surface area contributed by atoms with Crippen molar-refractivity contribution in [3.05, 3.63) is 34.9 Å². The Morgan fingerprint density at radius 3 is 2.40 bits per heavy atom. The van der Waals surface area contributed by atoms with E-state index in [9.17, 15) is 4.79 Å². The van der Waals surface area contributed by atoms with Gasteiger partial charge in [0, 0.05) is 6.42 Å². The van der Waals surface area contributed by atoms with Gasteiger partial charge < -0.3 is 10.5 Å². The fraction of sp³-hybridized carbons (Fsp3) is 0.588. The molecule has 0 heterocycles. The minimum Gasteiger partial charge on any atom is -0.460 e. The van der Waals surface area contributed by atoms with Crippen molar-refractivity contribution in [2.75, 3.05) is 6.54 Å². The van der Waals surface area contributed by atoms with Crippen molar-refractivity contribution in [2.45, 2.75) is 59.0 Å². The minimum absolute atomic E-state index is 0.153. The average Bonchev–Trinajstić information content (AvgIpc) is 2.32. The van der Waals surface area contributed by atoms with E-state index in [2.05, 4.69) is 32.0 Å². The van der Waals surface area contributed by atoms with Crippen molar-refractivity contribution >= 4 is 5.97 Å². The van der Waals surface area contributed by atoms with E-state index in [4.69, 9.17) is 10.5 Å². The molecule has 0 unspecified atom stereocenters. The highest BCUT2D eigenvalue weighted by atomic mass is 16.6. The molecule has 20 heavy (non-hydrogen) atoms. The molecule has 1 aromatic carbocycles. The van der Waals surface area contributed by atoms with Crippen LogP contribution in [-0.4, -0.2) is 18.1 Å². The van der Waals surface area contributed by atoms with Crippen LogP contribution in [-0.2, 0) is 9.53 Å². The van der Waals surface area contributed by atoms with Crippen molar-refractivity contribution < 1.29 is 9.53 Å². The molecule has 0 saturated carbocycles. The van der Waals surface area contributed by atoms with Gasteiger partial charge in [0.1, 0.15) is 5.60 Å². The Kier molecular flexibility index (Phi) is 5.75. The summed E-state index contributed by atoms with van der Waals surface area (Å²) >= 11 is 0. The molecule has 2 N–H and O–H groups in total. The van der Waals surface area contributed by atoms with Gasteiger partial charge in [-0.3, -0.25) is 4.79 Å². The lowest BCUT2D eigenvalue weighted by Crippen LogP contribution is -2.24. The highest BCUT2D eigenvalue weighted by Gasteiger charge is 2.18. The van der Waals surface area contributed by atoms with Gasteiger partial charge in [0.05, 0.1) is 0 Å². The molecule has 1 aromatic rings. The van der Waals surface area contributed by atoms with Crippen LogP contribution in [0, 0.1) is 13.8 Å². The lowest BCUT2D eigenvalue weighted by Gasteiger charge is -2.21. The molecule has 1 rings (SSSR count). The molecule has 0 fully saturated rings. The smallest absolute Gasteiger partial charge is 0.306 e. The van der Waals surface area contributed by atoms with Crippen LogP contribution in [0.5, 0.6) is 0 Å². The van der Waals surface area contributed by atoms with Crippen LogP contribution >= 0.6 is 0 Å². The van der Waals surface area contributed by atoms with Gasteiger partial charge in [-0.1, -0.05) is 18.2 Å². The van der Waals surface area contributed by atoms with Crippen molar-refractivity contribution in [3.63, 3.8) is 0 Å². The molecule has 0 spiro atoms. The maximum Gasteiger partial charge on any atom is 0.306 e. The fourth-order valence-corrected chi connectivity index (χ4v) is 2.12. The van der Waals surface area contributed by atoms with E-state index in [0.29, 0.717) is 13.0 Å². The normalized spacial score (nSPS) is 13.1. The van der Waals surface area contributed by atoms with Crippen molar-refractivity contribution in [3.8, 4) is 0 Å². The Bertz CT molecular complexity index is 461. The second-order valence-electron chi connectivity index (χ2n) is 6.40. The van der Waals surface area contributed by atoms with Gasteiger partial charge in [0.2, 0.25) is 0 Å². The number of aryl methyl sites for hydroxylation is 2. The number of carbonyl (C=O) groups excluding carboxylic acids is 1. The lowest BCUT2D eigenvalue weighted by molar-refractivity contribution is -0.155. The Labute approximate surface area is 122 Å². The van der Waals surface area contributed by atoms with E-state index in [1.807, 2.05) is 20.8 Å². The zero-order valence-electron chi connectivity index (χ0n) is 13.3. The molecule has 0 radical (unpaired) electrons. The largest absolute Gasteiger partial charge is 0.460 e. The Balaban J connectivity index is 2.63. The van der Waals surface area contributed by atoms with Gasteiger partial charge >= 0.3 is 5.97 Å². The Morgan fingerprint density at radius 2 is 1.90 bits per heavy atom. The maximum atomic E-state index is 11.8. The highest BCUT2D eigenvalue weighted by Crippen LogP contribution is 2.23. The first kappa shape index (κ1) is 16.7. The molecule has 0 aliphatic carbocycles. The number of esters is 1. The van der Waals surface area contributed by atoms with E-state index < -0.39 is 5.60 Å². The Morgan fingerprint density at radius 1 is 1.25 bits per heavy atom. The standard InChI is InChI=1S/C17H27NO2/c1-12-6-7-14(10-13(12)2)15(11-18)8-9-16(19)20-17(3,4)5/h6-7,10,15H,8-9,11,18H2,1-5H3/t15-/m1/s1. The van der Waals surface area contributed by atoms with Gasteiger partial charge in [-0.25, -0.2) is 0 Å². The molecule has 3 heteroatoms. The average molecular weight is 277 g/mol. The second-order valence-corrected chi connectivity index (χ2v) is 6.40. The highest BCUT2D eigenvalue weighted by molar-refractivity contribution is 5.69. The molecule has 0 aromatic heterocycles. The number of hydrogen-bond donors (Lipinski definition) is 1. The zero-order chi connectivity index (χ0) is 15.3. The summed E-state index contributed by atoms with van der Waals surface area (Å²) < 4.78 is 5.33. The number of nitrogens with two attached hydrogens (primary N) is 1. The van der Waals surface area contributed by atoms with Gasteiger partial charge in [-0.15, -0.1) is 0 Å². The predicted molar refractivity (Wildman–Crippen MR) is 82.8 cm³/mol. The number of benzene rings is 1. The third kappa shape index (κ3) is 5.33. The fourth-order valence-electron chi connectivity index (χ4n) is 2.12. The van der Waals surface area contributed by atoms with Crippen LogP contribution < -0.4 is 5.73 Å². The molecule has 0 aliphatic rings. The summed E-state index contributed by atoms with van der Waals surface area (Å²) in [4.78, 5) is 11.8. The second kappa shape index (κ2) is 6.89. The Hall–Kier alpha value is -1.35. The van der Waals surface area contributed by atoms with E-state index >= 15 is 0 Å². The van der Waals surface area contributed by atoms with Crippen molar-refractivity contribution in [2.24, 2.45) is 5.73 Å². The van der Waals surface area contributed by atoms with Crippen molar-refractivity contribution in [1.29, 1.82) is 0 Å². The summed E-state index contributed by atoms with van der Waals surface area (Å²) in [5, 5.41) is 0. The molecule has 3 nitrogen and oxygen atoms in total.